The molecule has 0 spiro atoms. The first-order valence-electron chi connectivity index (χ1n) is 11.5. The predicted molar refractivity (Wildman–Crippen MR) is 146 cm³/mol. The van der Waals surface area contributed by atoms with Crippen LogP contribution in [0.4, 0.5) is 5.69 Å². The molecule has 0 amide bonds. The molecular weight excluding hydrogens is 467 g/mol. The van der Waals surface area contributed by atoms with E-state index in [-0.39, 0.29) is 5.56 Å². The summed E-state index contributed by atoms with van der Waals surface area (Å²) in [6.07, 6.45) is 6.33. The molecule has 3 aromatic rings. The van der Waals surface area contributed by atoms with Crippen molar-refractivity contribution in [2.24, 2.45) is 0 Å². The maximum Gasteiger partial charge on any atom is 0.269 e. The molecule has 0 aliphatic carbocycles. The molecule has 0 saturated heterocycles. The molecule has 33 heavy (non-hydrogen) atoms. The molecule has 4 nitrogen and oxygen atoms in total. The van der Waals surface area contributed by atoms with Crippen molar-refractivity contribution >= 4 is 68.5 Å². The summed E-state index contributed by atoms with van der Waals surface area (Å²) in [5.41, 5.74) is 1.35. The number of aromatic nitrogens is 1. The van der Waals surface area contributed by atoms with Gasteiger partial charge in [0.15, 0.2) is 6.54 Å². The van der Waals surface area contributed by atoms with Crippen molar-refractivity contribution in [2.75, 3.05) is 30.3 Å². The number of allylic oxidation sites excluding steroid dienone is 1. The molecule has 5 rings (SSSR count). The highest BCUT2D eigenvalue weighted by Crippen LogP contribution is 2.49. The summed E-state index contributed by atoms with van der Waals surface area (Å²) in [6.45, 7) is 10.1. The Morgan fingerprint density at radius 1 is 1.06 bits per heavy atom. The quantitative estimate of drug-likeness (QED) is 0.495. The lowest BCUT2D eigenvalue weighted by Gasteiger charge is -2.17. The Balaban J connectivity index is 1.57. The summed E-state index contributed by atoms with van der Waals surface area (Å²) in [4.78, 5) is 16.8. The minimum Gasteiger partial charge on any atom is -0.335 e. The van der Waals surface area contributed by atoms with E-state index in [1.165, 1.54) is 31.4 Å². The van der Waals surface area contributed by atoms with Crippen LogP contribution in [0.15, 0.2) is 57.2 Å². The molecule has 0 saturated carbocycles. The summed E-state index contributed by atoms with van der Waals surface area (Å²) in [5, 5.41) is 4.99. The normalized spacial score (nSPS) is 18.4. The number of anilines is 1. The summed E-state index contributed by atoms with van der Waals surface area (Å²) in [6, 6.07) is 13.0. The van der Waals surface area contributed by atoms with E-state index < -0.39 is 0 Å². The van der Waals surface area contributed by atoms with Gasteiger partial charge in [0, 0.05) is 18.0 Å². The van der Waals surface area contributed by atoms with Crippen molar-refractivity contribution in [2.45, 2.75) is 32.2 Å². The molecule has 0 radical (unpaired) electrons. The van der Waals surface area contributed by atoms with Gasteiger partial charge in [0.1, 0.15) is 11.2 Å². The van der Waals surface area contributed by atoms with Crippen LogP contribution in [-0.2, 0) is 6.54 Å². The number of rotatable bonds is 5. The summed E-state index contributed by atoms with van der Waals surface area (Å²) in [5.74, 6) is 1.12. The number of thioether (sulfide) groups is 2. The number of hydrogen-bond acceptors (Lipinski definition) is 5. The number of thiazole rings is 1. The molecule has 2 aliphatic rings. The summed E-state index contributed by atoms with van der Waals surface area (Å²) >= 11 is 5.28. The molecule has 170 valence electrons. The zero-order chi connectivity index (χ0) is 22.9. The van der Waals surface area contributed by atoms with Crippen LogP contribution in [0.2, 0.25) is 0 Å². The lowest BCUT2D eigenvalue weighted by atomic mass is 10.1. The molecule has 2 aromatic carbocycles. The van der Waals surface area contributed by atoms with Crippen LogP contribution in [0, 0.1) is 0 Å². The second-order valence-electron chi connectivity index (χ2n) is 7.92. The molecule has 7 heteroatoms. The van der Waals surface area contributed by atoms with E-state index in [4.69, 9.17) is 0 Å². The van der Waals surface area contributed by atoms with E-state index in [1.807, 2.05) is 29.3 Å². The fourth-order valence-corrected chi connectivity index (χ4v) is 7.90. The molecular formula is C26H28N3OS3+. The first kappa shape index (κ1) is 22.6. The highest BCUT2D eigenvalue weighted by molar-refractivity contribution is 8.14. The second kappa shape index (κ2) is 9.57. The number of hydrogen-bond donors (Lipinski definition) is 0. The van der Waals surface area contributed by atoms with Crippen molar-refractivity contribution < 1.29 is 4.58 Å². The van der Waals surface area contributed by atoms with Crippen molar-refractivity contribution in [1.29, 1.82) is 0 Å². The molecule has 1 aromatic heterocycles. The van der Waals surface area contributed by atoms with E-state index in [0.29, 0.717) is 6.54 Å². The van der Waals surface area contributed by atoms with E-state index in [9.17, 15) is 4.79 Å². The summed E-state index contributed by atoms with van der Waals surface area (Å²) < 4.78 is 6.11. The van der Waals surface area contributed by atoms with Gasteiger partial charge in [-0.25, -0.2) is 4.58 Å². The molecule has 0 N–H and O–H groups in total. The third-order valence-corrected chi connectivity index (χ3v) is 9.46. The molecule has 0 unspecified atom stereocenters. The molecule has 3 heterocycles. The van der Waals surface area contributed by atoms with Crippen molar-refractivity contribution in [3.8, 4) is 0 Å². The maximum absolute atomic E-state index is 13.1. The Kier molecular flexibility index (Phi) is 6.54. The van der Waals surface area contributed by atoms with E-state index >= 15 is 0 Å². The van der Waals surface area contributed by atoms with E-state index in [2.05, 4.69) is 71.9 Å². The van der Waals surface area contributed by atoms with Crippen LogP contribution in [-0.4, -0.2) is 39.6 Å². The lowest BCUT2D eigenvalue weighted by Crippen LogP contribution is -2.31. The smallest absolute Gasteiger partial charge is 0.269 e. The first-order valence-corrected chi connectivity index (χ1v) is 14.1. The van der Waals surface area contributed by atoms with Crippen LogP contribution >= 0.6 is 34.9 Å². The van der Waals surface area contributed by atoms with Gasteiger partial charge in [0.2, 0.25) is 5.04 Å². The SMILES string of the molecule is CCN1C(=CC=c2sc(=CC3=[N+](CC)CCS3)n(CC)c2=O)Sc2c1ccc1ccccc21. The number of nitrogens with zero attached hydrogens (tertiary/aromatic N) is 3. The maximum atomic E-state index is 13.1. The average Bonchev–Trinajstić information content (AvgIpc) is 3.52. The van der Waals surface area contributed by atoms with Crippen molar-refractivity contribution in [3.05, 3.63) is 67.1 Å². The third kappa shape index (κ3) is 4.11. The van der Waals surface area contributed by atoms with Crippen LogP contribution < -0.4 is 19.7 Å². The molecule has 0 fully saturated rings. The monoisotopic (exact) mass is 494 g/mol. The minimum absolute atomic E-state index is 0.103. The topological polar surface area (TPSA) is 28.2 Å². The van der Waals surface area contributed by atoms with Crippen molar-refractivity contribution in [3.63, 3.8) is 0 Å². The Hall–Kier alpha value is -2.22. The standard InChI is InChI=1S/C26H28N3OS3/c1-4-27-15-16-31-23(27)17-24-29(6-3)26(30)21(32-24)13-14-22-28(5-2)20-12-11-18-9-7-8-10-19(18)25(20)33-22/h7-14,17H,4-6,15-16H2,1-3H3/q+1. The fourth-order valence-electron chi connectivity index (χ4n) is 4.40. The summed E-state index contributed by atoms with van der Waals surface area (Å²) in [7, 11) is 0. The van der Waals surface area contributed by atoms with Gasteiger partial charge in [-0.05, 0) is 49.8 Å². The Morgan fingerprint density at radius 3 is 2.70 bits per heavy atom. The van der Waals surface area contributed by atoms with E-state index in [1.54, 1.807) is 23.1 Å². The van der Waals surface area contributed by atoms with Crippen LogP contribution in [0.5, 0.6) is 0 Å². The lowest BCUT2D eigenvalue weighted by molar-refractivity contribution is -0.512. The van der Waals surface area contributed by atoms with Gasteiger partial charge in [-0.15, -0.1) is 11.3 Å². The van der Waals surface area contributed by atoms with Gasteiger partial charge >= 0.3 is 0 Å². The number of benzene rings is 2. The zero-order valence-electron chi connectivity index (χ0n) is 19.2. The van der Waals surface area contributed by atoms with Crippen molar-refractivity contribution in [1.82, 2.24) is 4.57 Å². The highest BCUT2D eigenvalue weighted by atomic mass is 32.2. The van der Waals surface area contributed by atoms with Gasteiger partial charge in [-0.3, -0.25) is 9.36 Å². The van der Waals surface area contributed by atoms with Gasteiger partial charge < -0.3 is 4.90 Å². The molecule has 2 aliphatic heterocycles. The van der Waals surface area contributed by atoms with Gasteiger partial charge in [0.25, 0.3) is 5.56 Å². The van der Waals surface area contributed by atoms with Gasteiger partial charge in [-0.2, -0.15) is 0 Å². The second-order valence-corrected chi connectivity index (χ2v) is 11.1. The first-order chi connectivity index (χ1) is 16.1. The molecule has 0 atom stereocenters. The number of fused-ring (bicyclic) bond motifs is 3. The Labute approximate surface area is 206 Å². The zero-order valence-corrected chi connectivity index (χ0v) is 21.7. The fraction of sp³-hybridized carbons (Fsp3) is 0.308. The van der Waals surface area contributed by atoms with Gasteiger partial charge in [0.05, 0.1) is 27.1 Å². The van der Waals surface area contributed by atoms with Gasteiger partial charge in [-0.1, -0.05) is 53.9 Å². The van der Waals surface area contributed by atoms with Crippen LogP contribution in [0.1, 0.15) is 20.8 Å². The predicted octanol–water partition coefficient (Wildman–Crippen LogP) is 4.30. The highest BCUT2D eigenvalue weighted by Gasteiger charge is 2.25. The van der Waals surface area contributed by atoms with Crippen LogP contribution in [0.3, 0.4) is 0 Å². The Bertz CT molecular complexity index is 1460. The Morgan fingerprint density at radius 2 is 1.91 bits per heavy atom. The van der Waals surface area contributed by atoms with Crippen LogP contribution in [0.25, 0.3) is 22.9 Å². The average molecular weight is 495 g/mol. The van der Waals surface area contributed by atoms with E-state index in [0.717, 1.165) is 34.6 Å². The third-order valence-electron chi connectivity index (χ3n) is 6.12. The minimum atomic E-state index is 0.103. The molecule has 0 bridgehead atoms. The largest absolute Gasteiger partial charge is 0.335 e.